The Labute approximate surface area is 248 Å². The van der Waals surface area contributed by atoms with Gasteiger partial charge >= 0.3 is 0 Å². The van der Waals surface area contributed by atoms with Gasteiger partial charge in [-0.3, -0.25) is 19.7 Å². The van der Waals surface area contributed by atoms with Crippen molar-refractivity contribution >= 4 is 62.6 Å². The van der Waals surface area contributed by atoms with E-state index in [1.54, 1.807) is 17.2 Å². The summed E-state index contributed by atoms with van der Waals surface area (Å²) in [6, 6.07) is 16.5. The van der Waals surface area contributed by atoms with Gasteiger partial charge in [0.1, 0.15) is 22.7 Å². The van der Waals surface area contributed by atoms with Crippen LogP contribution in [0.15, 0.2) is 70.7 Å². The zero-order chi connectivity index (χ0) is 29.4. The monoisotopic (exact) mass is 602 g/mol. The van der Waals surface area contributed by atoms with Gasteiger partial charge in [0.15, 0.2) is 5.01 Å². The highest BCUT2D eigenvalue weighted by atomic mass is 35.5. The van der Waals surface area contributed by atoms with Crippen LogP contribution in [0.3, 0.4) is 0 Å². The molecule has 0 radical (unpaired) electrons. The summed E-state index contributed by atoms with van der Waals surface area (Å²) in [5.41, 5.74) is 1.93. The molecule has 1 aliphatic rings. The van der Waals surface area contributed by atoms with Gasteiger partial charge in [-0.25, -0.2) is 4.98 Å². The molecule has 0 saturated carbocycles. The largest absolute Gasteiger partial charge is 0.367 e. The molecule has 0 aliphatic carbocycles. The first-order valence-electron chi connectivity index (χ1n) is 13.0. The predicted molar refractivity (Wildman–Crippen MR) is 160 cm³/mol. The number of amides is 2. The van der Waals surface area contributed by atoms with Gasteiger partial charge < -0.3 is 19.6 Å². The van der Waals surface area contributed by atoms with Gasteiger partial charge in [-0.1, -0.05) is 59.2 Å². The molecule has 2 amide bonds. The van der Waals surface area contributed by atoms with E-state index in [0.717, 1.165) is 27.7 Å². The van der Waals surface area contributed by atoms with E-state index in [1.807, 2.05) is 47.4 Å². The van der Waals surface area contributed by atoms with Crippen molar-refractivity contribution in [1.82, 2.24) is 15.0 Å². The van der Waals surface area contributed by atoms with E-state index in [-0.39, 0.29) is 27.3 Å². The lowest BCUT2D eigenvalue weighted by atomic mass is 9.98. The minimum Gasteiger partial charge on any atom is -0.367 e. The van der Waals surface area contributed by atoms with Crippen LogP contribution in [0.4, 0.5) is 17.1 Å². The number of nitro benzene ring substituents is 1. The molecule has 0 atom stereocenters. The van der Waals surface area contributed by atoms with Gasteiger partial charge in [0.25, 0.3) is 17.5 Å². The Bertz CT molecular complexity index is 1830. The molecule has 6 rings (SSSR count). The number of thiazole rings is 1. The van der Waals surface area contributed by atoms with E-state index in [4.69, 9.17) is 16.1 Å². The minimum atomic E-state index is -0.599. The molecular formula is C29H23ClN6O5S. The lowest BCUT2D eigenvalue weighted by Crippen LogP contribution is -2.49. The third-order valence-electron chi connectivity index (χ3n) is 7.17. The molecule has 1 aliphatic heterocycles. The summed E-state index contributed by atoms with van der Waals surface area (Å²) < 4.78 is 5.50. The van der Waals surface area contributed by atoms with Crippen LogP contribution in [-0.2, 0) is 0 Å². The molecule has 1 N–H and O–H groups in total. The van der Waals surface area contributed by atoms with E-state index in [1.165, 1.54) is 18.3 Å². The van der Waals surface area contributed by atoms with Crippen LogP contribution in [0.1, 0.15) is 25.9 Å². The number of halogens is 1. The Morgan fingerprint density at radius 2 is 1.86 bits per heavy atom. The number of carbonyl (C=O) groups excluding carboxylic acids is 2. The maximum Gasteiger partial charge on any atom is 0.294 e. The third-order valence-corrected chi connectivity index (χ3v) is 8.24. The maximum atomic E-state index is 13.8. The van der Waals surface area contributed by atoms with Crippen molar-refractivity contribution in [2.45, 2.75) is 6.92 Å². The first-order chi connectivity index (χ1) is 20.3. The highest BCUT2D eigenvalue weighted by Gasteiger charge is 2.31. The summed E-state index contributed by atoms with van der Waals surface area (Å²) >= 11 is 7.61. The average Bonchev–Trinajstić information content (AvgIpc) is 3.68. The molecule has 5 aromatic rings. The molecule has 0 spiro atoms. The summed E-state index contributed by atoms with van der Waals surface area (Å²) in [5, 5.41) is 22.5. The minimum absolute atomic E-state index is 0.0120. The molecule has 11 nitrogen and oxygen atoms in total. The number of aryl methyl sites for hydroxylation is 1. The van der Waals surface area contributed by atoms with E-state index < -0.39 is 10.8 Å². The van der Waals surface area contributed by atoms with Crippen LogP contribution in [0.5, 0.6) is 0 Å². The zero-order valence-corrected chi connectivity index (χ0v) is 23.8. The number of nitro groups is 1. The van der Waals surface area contributed by atoms with Crippen LogP contribution in [0.25, 0.3) is 22.0 Å². The van der Waals surface area contributed by atoms with E-state index in [9.17, 15) is 19.7 Å². The van der Waals surface area contributed by atoms with Gasteiger partial charge in [-0.05, 0) is 23.8 Å². The Morgan fingerprint density at radius 3 is 2.60 bits per heavy atom. The lowest BCUT2D eigenvalue weighted by Gasteiger charge is -2.36. The number of piperazine rings is 1. The van der Waals surface area contributed by atoms with Gasteiger partial charge in [0.2, 0.25) is 0 Å². The number of benzene rings is 3. The Kier molecular flexibility index (Phi) is 7.31. The summed E-state index contributed by atoms with van der Waals surface area (Å²) in [4.78, 5) is 45.1. The lowest BCUT2D eigenvalue weighted by molar-refractivity contribution is -0.383. The third kappa shape index (κ3) is 5.06. The van der Waals surface area contributed by atoms with Crippen LogP contribution in [0, 0.1) is 17.0 Å². The average molecular weight is 603 g/mol. The highest BCUT2D eigenvalue weighted by molar-refractivity contribution is 7.11. The second kappa shape index (κ2) is 11.2. The van der Waals surface area contributed by atoms with E-state index in [0.29, 0.717) is 48.9 Å². The van der Waals surface area contributed by atoms with E-state index >= 15 is 0 Å². The van der Waals surface area contributed by atoms with Crippen LogP contribution in [0.2, 0.25) is 5.02 Å². The summed E-state index contributed by atoms with van der Waals surface area (Å²) in [6.45, 7) is 3.29. The summed E-state index contributed by atoms with van der Waals surface area (Å²) in [6.07, 6.45) is 1.48. The Hall–Kier alpha value is -4.81. The molecular weight excluding hydrogens is 580 g/mol. The Morgan fingerprint density at radius 1 is 1.10 bits per heavy atom. The number of rotatable bonds is 6. The first-order valence-corrected chi connectivity index (χ1v) is 14.2. The smallest absolute Gasteiger partial charge is 0.294 e. The fourth-order valence-electron chi connectivity index (χ4n) is 5.10. The summed E-state index contributed by atoms with van der Waals surface area (Å²) in [5.74, 6) is -0.310. The Balaban J connectivity index is 1.23. The van der Waals surface area contributed by atoms with Crippen molar-refractivity contribution < 1.29 is 19.0 Å². The van der Waals surface area contributed by atoms with Crippen LogP contribution in [-0.4, -0.2) is 58.0 Å². The molecule has 42 heavy (non-hydrogen) atoms. The summed E-state index contributed by atoms with van der Waals surface area (Å²) in [7, 11) is 0. The zero-order valence-electron chi connectivity index (χ0n) is 22.2. The second-order valence-corrected chi connectivity index (χ2v) is 10.9. The number of hydrogen-bond donors (Lipinski definition) is 1. The number of anilines is 2. The van der Waals surface area contributed by atoms with Crippen molar-refractivity contribution in [1.29, 1.82) is 0 Å². The second-order valence-electron chi connectivity index (χ2n) is 9.64. The van der Waals surface area contributed by atoms with Crippen LogP contribution >= 0.6 is 22.9 Å². The van der Waals surface area contributed by atoms with Gasteiger partial charge in [0, 0.05) is 49.4 Å². The SMILES string of the molecule is Cc1onc(-c2cccc3ccccc23)c1C(=O)N1CCN(c2cc(NC(=O)c3nccs3)c([N+](=O)[O-])cc2Cl)CC1. The number of nitrogens with zero attached hydrogens (tertiary/aromatic N) is 5. The number of nitrogens with one attached hydrogen (secondary N) is 1. The molecule has 13 heteroatoms. The molecule has 1 fully saturated rings. The van der Waals surface area contributed by atoms with Crippen molar-refractivity contribution in [2.24, 2.45) is 0 Å². The number of hydrogen-bond acceptors (Lipinski definition) is 9. The quantitative estimate of drug-likeness (QED) is 0.184. The van der Waals surface area contributed by atoms with Crippen molar-refractivity contribution in [3.05, 3.63) is 97.6 Å². The molecule has 0 unspecified atom stereocenters. The number of carbonyl (C=O) groups is 2. The van der Waals surface area contributed by atoms with Gasteiger partial charge in [-0.15, -0.1) is 11.3 Å². The van der Waals surface area contributed by atoms with E-state index in [2.05, 4.69) is 15.5 Å². The van der Waals surface area contributed by atoms with Crippen LogP contribution < -0.4 is 10.2 Å². The highest BCUT2D eigenvalue weighted by Crippen LogP contribution is 2.38. The number of fused-ring (bicyclic) bond motifs is 1. The molecule has 2 aromatic heterocycles. The fraction of sp³-hybridized carbons (Fsp3) is 0.172. The predicted octanol–water partition coefficient (Wildman–Crippen LogP) is 6.04. The van der Waals surface area contributed by atoms with Crippen molar-refractivity contribution in [2.75, 3.05) is 36.4 Å². The van der Waals surface area contributed by atoms with Gasteiger partial charge in [-0.2, -0.15) is 0 Å². The van der Waals surface area contributed by atoms with Crippen molar-refractivity contribution in [3.8, 4) is 11.3 Å². The molecule has 212 valence electrons. The molecule has 3 aromatic carbocycles. The van der Waals surface area contributed by atoms with Gasteiger partial charge in [0.05, 0.1) is 15.6 Å². The fourth-order valence-corrected chi connectivity index (χ4v) is 5.91. The van der Waals surface area contributed by atoms with Crippen molar-refractivity contribution in [3.63, 3.8) is 0 Å². The maximum absolute atomic E-state index is 13.8. The molecule has 1 saturated heterocycles. The molecule has 0 bridgehead atoms. The normalized spacial score (nSPS) is 13.4. The number of aromatic nitrogens is 2. The molecule has 3 heterocycles. The topological polar surface area (TPSA) is 135 Å². The first kappa shape index (κ1) is 27.4. The standard InChI is InChI=1S/C29H23ClN6O5S/c1-17-25(26(33-41-17)20-8-4-6-18-5-2-3-7-19(18)20)29(38)35-12-10-34(11-13-35)23-16-22(24(36(39)40)15-21(23)30)32-27(37)28-31-9-14-42-28/h2-9,14-16H,10-13H2,1H3,(H,32,37).